The van der Waals surface area contributed by atoms with E-state index in [2.05, 4.69) is 16.0 Å². The Morgan fingerprint density at radius 3 is 2.73 bits per heavy atom. The van der Waals surface area contributed by atoms with Crippen molar-refractivity contribution in [3.05, 3.63) is 42.1 Å². The Kier molecular flexibility index (Phi) is 4.19. The average Bonchev–Trinajstić information content (AvgIpc) is 2.97. The van der Waals surface area contributed by atoms with Crippen molar-refractivity contribution in [2.75, 3.05) is 13.3 Å². The predicted octanol–water partition coefficient (Wildman–Crippen LogP) is 2.63. The molecule has 0 N–H and O–H groups in total. The van der Waals surface area contributed by atoms with Gasteiger partial charge < -0.3 is 0 Å². The van der Waals surface area contributed by atoms with Gasteiger partial charge in [0.1, 0.15) is 0 Å². The van der Waals surface area contributed by atoms with Crippen LogP contribution in [0.4, 0.5) is 0 Å². The highest BCUT2D eigenvalue weighted by atomic mass is 32.2. The predicted molar refractivity (Wildman–Crippen MR) is 89.5 cm³/mol. The van der Waals surface area contributed by atoms with Crippen LogP contribution in [0.5, 0.6) is 0 Å². The molecule has 2 atom stereocenters. The minimum absolute atomic E-state index is 0.100. The molecule has 1 heterocycles. The van der Waals surface area contributed by atoms with Gasteiger partial charge in [0.05, 0.1) is 16.5 Å². The van der Waals surface area contributed by atoms with E-state index in [4.69, 9.17) is 0 Å². The third kappa shape index (κ3) is 3.15. The van der Waals surface area contributed by atoms with Gasteiger partial charge in [-0.05, 0) is 32.0 Å². The number of benzene rings is 1. The number of sulfone groups is 1. The summed E-state index contributed by atoms with van der Waals surface area (Å²) in [7, 11) is -0.981. The Balaban J connectivity index is 1.79. The lowest BCUT2D eigenvalue weighted by atomic mass is 10.2. The lowest BCUT2D eigenvalue weighted by Crippen LogP contribution is -2.41. The summed E-state index contributed by atoms with van der Waals surface area (Å²) in [6, 6.07) is 12.3. The molecule has 3 rings (SSSR count). The number of fused-ring (bicyclic) bond motifs is 1. The fourth-order valence-electron chi connectivity index (χ4n) is 3.48. The molecule has 0 unspecified atom stereocenters. The molecule has 1 aliphatic rings. The molecule has 0 saturated heterocycles. The van der Waals surface area contributed by atoms with E-state index in [1.807, 2.05) is 37.4 Å². The van der Waals surface area contributed by atoms with Crippen molar-refractivity contribution < 1.29 is 8.42 Å². The molecular weight excluding hydrogens is 296 g/mol. The molecule has 0 aliphatic heterocycles. The van der Waals surface area contributed by atoms with Gasteiger partial charge in [-0.3, -0.25) is 9.88 Å². The van der Waals surface area contributed by atoms with Gasteiger partial charge in [0, 0.05) is 24.2 Å². The largest absolute Gasteiger partial charge is 0.296 e. The molecule has 2 aromatic rings. The van der Waals surface area contributed by atoms with Crippen molar-refractivity contribution in [3.8, 4) is 0 Å². The highest BCUT2D eigenvalue weighted by Gasteiger charge is 2.37. The van der Waals surface area contributed by atoms with E-state index in [-0.39, 0.29) is 11.3 Å². The summed E-state index contributed by atoms with van der Waals surface area (Å²) in [5.74, 6) is 0. The molecule has 0 radical (unpaired) electrons. The first kappa shape index (κ1) is 15.4. The first-order chi connectivity index (χ1) is 10.4. The van der Waals surface area contributed by atoms with E-state index in [1.165, 1.54) is 6.26 Å². The number of para-hydroxylation sites is 1. The normalized spacial score (nSPS) is 22.5. The molecule has 5 heteroatoms. The lowest BCUT2D eigenvalue weighted by Gasteiger charge is -2.28. The van der Waals surface area contributed by atoms with Crippen LogP contribution in [-0.4, -0.2) is 42.9 Å². The van der Waals surface area contributed by atoms with Crippen LogP contribution in [0.1, 0.15) is 25.0 Å². The third-order valence-electron chi connectivity index (χ3n) is 4.60. The molecule has 118 valence electrons. The zero-order chi connectivity index (χ0) is 15.7. The summed E-state index contributed by atoms with van der Waals surface area (Å²) < 4.78 is 23.9. The van der Waals surface area contributed by atoms with Crippen LogP contribution < -0.4 is 0 Å². The van der Waals surface area contributed by atoms with E-state index in [0.29, 0.717) is 6.54 Å². The number of hydrogen-bond donors (Lipinski definition) is 0. The second-order valence-electron chi connectivity index (χ2n) is 6.28. The number of rotatable bonds is 4. The fraction of sp³-hybridized carbons (Fsp3) is 0.471. The molecule has 1 aromatic carbocycles. The molecule has 22 heavy (non-hydrogen) atoms. The average molecular weight is 318 g/mol. The third-order valence-corrected chi connectivity index (χ3v) is 6.25. The second kappa shape index (κ2) is 5.97. The van der Waals surface area contributed by atoms with Gasteiger partial charge in [0.15, 0.2) is 9.84 Å². The Hall–Kier alpha value is -1.46. The molecule has 1 saturated carbocycles. The Labute approximate surface area is 132 Å². The minimum Gasteiger partial charge on any atom is -0.296 e. The minimum atomic E-state index is -2.99. The van der Waals surface area contributed by atoms with Crippen LogP contribution in [0.25, 0.3) is 10.9 Å². The number of hydrogen-bond acceptors (Lipinski definition) is 4. The maximum Gasteiger partial charge on any atom is 0.151 e. The highest BCUT2D eigenvalue weighted by Crippen LogP contribution is 2.29. The SMILES string of the molecule is CN(Cc1ccc2ccccc2n1)[C@H]1CCC[C@@H]1S(C)(=O)=O. The van der Waals surface area contributed by atoms with Crippen molar-refractivity contribution in [2.24, 2.45) is 0 Å². The molecule has 1 fully saturated rings. The van der Waals surface area contributed by atoms with Crippen molar-refractivity contribution in [1.29, 1.82) is 0 Å². The maximum absolute atomic E-state index is 11.9. The van der Waals surface area contributed by atoms with Crippen molar-refractivity contribution in [2.45, 2.75) is 37.1 Å². The monoisotopic (exact) mass is 318 g/mol. The van der Waals surface area contributed by atoms with E-state index < -0.39 is 9.84 Å². The molecule has 1 aromatic heterocycles. The van der Waals surface area contributed by atoms with Crippen LogP contribution in [-0.2, 0) is 16.4 Å². The van der Waals surface area contributed by atoms with Crippen molar-refractivity contribution in [3.63, 3.8) is 0 Å². The van der Waals surface area contributed by atoms with Gasteiger partial charge >= 0.3 is 0 Å². The quantitative estimate of drug-likeness (QED) is 0.869. The zero-order valence-corrected chi connectivity index (χ0v) is 13.9. The van der Waals surface area contributed by atoms with Crippen LogP contribution >= 0.6 is 0 Å². The van der Waals surface area contributed by atoms with Crippen LogP contribution in [0.2, 0.25) is 0 Å². The summed E-state index contributed by atoms with van der Waals surface area (Å²) in [5, 5.41) is 0.890. The van der Waals surface area contributed by atoms with Crippen molar-refractivity contribution in [1.82, 2.24) is 9.88 Å². The highest BCUT2D eigenvalue weighted by molar-refractivity contribution is 7.91. The van der Waals surface area contributed by atoms with Gasteiger partial charge in [-0.1, -0.05) is 30.7 Å². The summed E-state index contributed by atoms with van der Waals surface area (Å²) in [6.45, 7) is 0.682. The van der Waals surface area contributed by atoms with E-state index >= 15 is 0 Å². The summed E-state index contributed by atoms with van der Waals surface area (Å²) in [6.07, 6.45) is 4.07. The number of nitrogens with zero attached hydrogens (tertiary/aromatic N) is 2. The van der Waals surface area contributed by atoms with Crippen LogP contribution in [0.3, 0.4) is 0 Å². The van der Waals surface area contributed by atoms with Crippen LogP contribution in [0, 0.1) is 0 Å². The first-order valence-electron chi connectivity index (χ1n) is 7.69. The van der Waals surface area contributed by atoms with Crippen LogP contribution in [0.15, 0.2) is 36.4 Å². The van der Waals surface area contributed by atoms with Gasteiger partial charge in [-0.2, -0.15) is 0 Å². The fourth-order valence-corrected chi connectivity index (χ4v) is 4.99. The standard InChI is InChI=1S/C17H22N2O2S/c1-19(16-8-5-9-17(16)22(2,20)21)12-14-11-10-13-6-3-4-7-15(13)18-14/h3-4,6-7,10-11,16-17H,5,8-9,12H2,1-2H3/t16-,17-/m0/s1. The Morgan fingerprint density at radius 1 is 1.18 bits per heavy atom. The van der Waals surface area contributed by atoms with Gasteiger partial charge in [0.25, 0.3) is 0 Å². The summed E-state index contributed by atoms with van der Waals surface area (Å²) in [4.78, 5) is 6.83. The van der Waals surface area contributed by atoms with Crippen molar-refractivity contribution >= 4 is 20.7 Å². The molecular formula is C17H22N2O2S. The van der Waals surface area contributed by atoms with E-state index in [1.54, 1.807) is 0 Å². The summed E-state index contributed by atoms with van der Waals surface area (Å²) >= 11 is 0. The smallest absolute Gasteiger partial charge is 0.151 e. The second-order valence-corrected chi connectivity index (χ2v) is 8.54. The molecule has 4 nitrogen and oxygen atoms in total. The zero-order valence-electron chi connectivity index (χ0n) is 13.1. The number of pyridine rings is 1. The van der Waals surface area contributed by atoms with E-state index in [9.17, 15) is 8.42 Å². The molecule has 1 aliphatic carbocycles. The molecule has 0 spiro atoms. The Morgan fingerprint density at radius 2 is 1.95 bits per heavy atom. The van der Waals surface area contributed by atoms with E-state index in [0.717, 1.165) is 35.9 Å². The van der Waals surface area contributed by atoms with Gasteiger partial charge in [-0.25, -0.2) is 8.42 Å². The molecule has 0 amide bonds. The Bertz CT molecular complexity index is 773. The lowest BCUT2D eigenvalue weighted by molar-refractivity contribution is 0.236. The first-order valence-corrected chi connectivity index (χ1v) is 9.64. The van der Waals surface area contributed by atoms with Gasteiger partial charge in [-0.15, -0.1) is 0 Å². The topological polar surface area (TPSA) is 50.3 Å². The van der Waals surface area contributed by atoms with Gasteiger partial charge in [0.2, 0.25) is 0 Å². The molecule has 0 bridgehead atoms. The number of aromatic nitrogens is 1. The summed E-state index contributed by atoms with van der Waals surface area (Å²) in [5.41, 5.74) is 1.97. The maximum atomic E-state index is 11.9.